The van der Waals surface area contributed by atoms with E-state index in [1.807, 2.05) is 0 Å². The van der Waals surface area contributed by atoms with Crippen molar-refractivity contribution in [2.45, 2.75) is 33.2 Å². The van der Waals surface area contributed by atoms with Gasteiger partial charge in [0.05, 0.1) is 14.2 Å². The summed E-state index contributed by atoms with van der Waals surface area (Å²) in [6.07, 6.45) is -0.0752. The molecule has 1 atom stereocenters. The van der Waals surface area contributed by atoms with Gasteiger partial charge in [-0.05, 0) is 13.0 Å². The van der Waals surface area contributed by atoms with E-state index in [-0.39, 0.29) is 13.2 Å². The van der Waals surface area contributed by atoms with Gasteiger partial charge in [0.25, 0.3) is 5.91 Å². The van der Waals surface area contributed by atoms with E-state index >= 15 is 0 Å². The van der Waals surface area contributed by atoms with Crippen molar-refractivity contribution in [1.29, 1.82) is 0 Å². The Bertz CT molecular complexity index is 867. The molecule has 1 fully saturated rings. The molecule has 0 radical (unpaired) electrons. The average Bonchev–Trinajstić information content (AvgIpc) is 2.69. The summed E-state index contributed by atoms with van der Waals surface area (Å²) in [4.78, 5) is 51.2. The zero-order chi connectivity index (χ0) is 22.6. The zero-order valence-electron chi connectivity index (χ0n) is 17.9. The van der Waals surface area contributed by atoms with Crippen LogP contribution in [0.2, 0.25) is 0 Å². The van der Waals surface area contributed by atoms with Gasteiger partial charge < -0.3 is 18.9 Å². The van der Waals surface area contributed by atoms with Crippen LogP contribution < -0.4 is 14.2 Å². The van der Waals surface area contributed by atoms with Crippen LogP contribution in [-0.4, -0.2) is 74.1 Å². The van der Waals surface area contributed by atoms with Crippen LogP contribution in [0.4, 0.5) is 0 Å². The summed E-state index contributed by atoms with van der Waals surface area (Å²) in [7, 11) is 4.41. The summed E-state index contributed by atoms with van der Waals surface area (Å²) in [5.74, 6) is -1.21. The third kappa shape index (κ3) is 4.38. The fraction of sp³-hybridized carbons (Fsp3) is 0.500. The van der Waals surface area contributed by atoms with E-state index in [1.54, 1.807) is 13.0 Å². The van der Waals surface area contributed by atoms with Crippen molar-refractivity contribution in [3.8, 4) is 17.2 Å². The molecule has 1 heterocycles. The predicted octanol–water partition coefficient (Wildman–Crippen LogP) is 0.670. The van der Waals surface area contributed by atoms with Crippen LogP contribution in [0, 0.1) is 6.92 Å². The minimum Gasteiger partial charge on any atom is -0.493 e. The van der Waals surface area contributed by atoms with Crippen LogP contribution >= 0.6 is 0 Å². The Balaban J connectivity index is 2.59. The summed E-state index contributed by atoms with van der Waals surface area (Å²) in [6.45, 7) is 3.59. The normalized spacial score (nSPS) is 16.5. The molecule has 1 aromatic rings. The second-order valence-corrected chi connectivity index (χ2v) is 6.72. The first-order chi connectivity index (χ1) is 14.2. The van der Waals surface area contributed by atoms with Crippen LogP contribution in [0.3, 0.4) is 0 Å². The van der Waals surface area contributed by atoms with Gasteiger partial charge in [0.2, 0.25) is 17.7 Å². The number of imide groups is 2. The van der Waals surface area contributed by atoms with E-state index in [0.717, 1.165) is 9.80 Å². The van der Waals surface area contributed by atoms with Crippen molar-refractivity contribution in [1.82, 2.24) is 9.80 Å². The molecule has 1 saturated heterocycles. The Morgan fingerprint density at radius 1 is 1.07 bits per heavy atom. The minimum absolute atomic E-state index is 0.0726. The van der Waals surface area contributed by atoms with Gasteiger partial charge in [-0.25, -0.2) is 0 Å². The molecule has 30 heavy (non-hydrogen) atoms. The van der Waals surface area contributed by atoms with Gasteiger partial charge in [-0.2, -0.15) is 0 Å². The van der Waals surface area contributed by atoms with E-state index in [0.29, 0.717) is 28.4 Å². The molecule has 1 aromatic carbocycles. The number of carbonyl (C=O) groups is 4. The van der Waals surface area contributed by atoms with Crippen LogP contribution in [0.25, 0.3) is 0 Å². The number of piperazine rings is 1. The number of ether oxygens (including phenoxy) is 4. The molecule has 10 heteroatoms. The highest BCUT2D eigenvalue weighted by Gasteiger charge is 2.43. The Morgan fingerprint density at radius 3 is 2.23 bits per heavy atom. The highest BCUT2D eigenvalue weighted by atomic mass is 16.7. The number of rotatable bonds is 7. The lowest BCUT2D eigenvalue weighted by Crippen LogP contribution is -2.62. The van der Waals surface area contributed by atoms with E-state index < -0.39 is 36.2 Å². The summed E-state index contributed by atoms with van der Waals surface area (Å²) in [5, 5.41) is 0. The molecule has 0 saturated carbocycles. The highest BCUT2D eigenvalue weighted by Crippen LogP contribution is 2.41. The monoisotopic (exact) mass is 422 g/mol. The molecular weight excluding hydrogens is 396 g/mol. The molecule has 10 nitrogen and oxygen atoms in total. The fourth-order valence-electron chi connectivity index (χ4n) is 3.50. The number of benzene rings is 1. The lowest BCUT2D eigenvalue weighted by Gasteiger charge is -2.37. The third-order valence-electron chi connectivity index (χ3n) is 4.80. The largest absolute Gasteiger partial charge is 0.493 e. The number of amides is 4. The SMILES string of the molecule is COCOc1c(CC2C(=O)N(C(C)=O)CC(=O)N2C(C)=O)cc(OC)c(OC)c1C. The van der Waals surface area contributed by atoms with E-state index in [1.165, 1.54) is 35.2 Å². The third-order valence-corrected chi connectivity index (χ3v) is 4.80. The Labute approximate surface area is 174 Å². The molecule has 0 N–H and O–H groups in total. The van der Waals surface area contributed by atoms with Crippen molar-refractivity contribution in [3.05, 3.63) is 17.2 Å². The molecule has 2 rings (SSSR count). The number of hydrogen-bond acceptors (Lipinski definition) is 8. The first-order valence-corrected chi connectivity index (χ1v) is 9.18. The van der Waals surface area contributed by atoms with Gasteiger partial charge in [-0.3, -0.25) is 29.0 Å². The molecule has 1 aliphatic heterocycles. The zero-order valence-corrected chi connectivity index (χ0v) is 17.9. The topological polar surface area (TPSA) is 112 Å². The fourth-order valence-corrected chi connectivity index (χ4v) is 3.50. The number of nitrogens with zero attached hydrogens (tertiary/aromatic N) is 2. The molecule has 1 aliphatic rings. The Morgan fingerprint density at radius 2 is 1.73 bits per heavy atom. The summed E-state index contributed by atoms with van der Waals surface area (Å²) in [5.41, 5.74) is 1.08. The highest BCUT2D eigenvalue weighted by molar-refractivity contribution is 6.09. The average molecular weight is 422 g/mol. The second kappa shape index (κ2) is 9.57. The van der Waals surface area contributed by atoms with Gasteiger partial charge in [-0.1, -0.05) is 0 Å². The van der Waals surface area contributed by atoms with Crippen molar-refractivity contribution < 1.29 is 38.1 Å². The smallest absolute Gasteiger partial charge is 0.253 e. The molecule has 0 aromatic heterocycles. The Hall–Kier alpha value is -3.14. The predicted molar refractivity (Wildman–Crippen MR) is 104 cm³/mol. The van der Waals surface area contributed by atoms with Crippen LogP contribution in [0.1, 0.15) is 25.0 Å². The summed E-state index contributed by atoms with van der Waals surface area (Å²) in [6, 6.07) is 0.412. The molecule has 164 valence electrons. The Kier molecular flexibility index (Phi) is 7.38. The first-order valence-electron chi connectivity index (χ1n) is 9.18. The number of hydrogen-bond donors (Lipinski definition) is 0. The van der Waals surface area contributed by atoms with Crippen molar-refractivity contribution in [2.75, 3.05) is 34.7 Å². The molecule has 0 aliphatic carbocycles. The van der Waals surface area contributed by atoms with Crippen LogP contribution in [-0.2, 0) is 30.3 Å². The lowest BCUT2D eigenvalue weighted by molar-refractivity contribution is -0.166. The van der Waals surface area contributed by atoms with Gasteiger partial charge >= 0.3 is 0 Å². The van der Waals surface area contributed by atoms with Gasteiger partial charge in [0.15, 0.2) is 18.3 Å². The molecule has 0 bridgehead atoms. The van der Waals surface area contributed by atoms with Gasteiger partial charge in [0, 0.05) is 38.5 Å². The van der Waals surface area contributed by atoms with E-state index in [4.69, 9.17) is 18.9 Å². The molecular formula is C20H26N2O8. The van der Waals surface area contributed by atoms with Crippen LogP contribution in [0.15, 0.2) is 6.07 Å². The van der Waals surface area contributed by atoms with Crippen LogP contribution in [0.5, 0.6) is 17.2 Å². The minimum atomic E-state index is -1.20. The summed E-state index contributed by atoms with van der Waals surface area (Å²) >= 11 is 0. The summed E-state index contributed by atoms with van der Waals surface area (Å²) < 4.78 is 21.5. The maximum atomic E-state index is 13.0. The molecule has 4 amide bonds. The van der Waals surface area contributed by atoms with Crippen molar-refractivity contribution in [3.63, 3.8) is 0 Å². The maximum Gasteiger partial charge on any atom is 0.253 e. The van der Waals surface area contributed by atoms with Crippen molar-refractivity contribution in [2.24, 2.45) is 0 Å². The van der Waals surface area contributed by atoms with Crippen molar-refractivity contribution >= 4 is 23.6 Å². The first kappa shape index (κ1) is 23.1. The quantitative estimate of drug-likeness (QED) is 0.590. The second-order valence-electron chi connectivity index (χ2n) is 6.72. The van der Waals surface area contributed by atoms with E-state index in [2.05, 4.69) is 0 Å². The number of methoxy groups -OCH3 is 3. The standard InChI is InChI=1S/C20H26N2O8/c1-11-18(30-10-27-4)14(8-16(28-5)19(11)29-6)7-15-20(26)21(12(2)23)9-17(25)22(15)13(3)24/h8,15H,7,9-10H2,1-6H3. The van der Waals surface area contributed by atoms with Gasteiger partial charge in [0.1, 0.15) is 18.3 Å². The molecule has 0 spiro atoms. The van der Waals surface area contributed by atoms with Gasteiger partial charge in [-0.15, -0.1) is 0 Å². The maximum absolute atomic E-state index is 13.0. The lowest BCUT2D eigenvalue weighted by atomic mass is 9.97. The van der Waals surface area contributed by atoms with E-state index in [9.17, 15) is 19.2 Å². The number of carbonyl (C=O) groups excluding carboxylic acids is 4. The molecule has 1 unspecified atom stereocenters.